The van der Waals surface area contributed by atoms with Crippen molar-refractivity contribution in [3.05, 3.63) is 107 Å². The Balaban J connectivity index is 1.62. The first-order valence-electron chi connectivity index (χ1n) is 10.4. The molecule has 1 fully saturated rings. The highest BCUT2D eigenvalue weighted by atomic mass is 35.5. The van der Waals surface area contributed by atoms with Crippen molar-refractivity contribution in [3.8, 4) is 0 Å². The van der Waals surface area contributed by atoms with Crippen LogP contribution in [0.3, 0.4) is 0 Å². The molecule has 1 saturated heterocycles. The zero-order valence-electron chi connectivity index (χ0n) is 17.4. The molecule has 3 atom stereocenters. The van der Waals surface area contributed by atoms with Crippen LogP contribution in [0.15, 0.2) is 90.1 Å². The summed E-state index contributed by atoms with van der Waals surface area (Å²) in [4.78, 5) is 8.27. The van der Waals surface area contributed by atoms with Crippen molar-refractivity contribution in [2.24, 2.45) is 11.1 Å². The number of likely N-dealkylation sites (tertiary alicyclic amines) is 1. The van der Waals surface area contributed by atoms with Crippen LogP contribution in [-0.4, -0.2) is 17.7 Å². The molecule has 1 aliphatic heterocycles. The lowest BCUT2D eigenvalue weighted by atomic mass is 9.80. The van der Waals surface area contributed by atoms with E-state index in [1.165, 1.54) is 11.1 Å². The first-order chi connectivity index (χ1) is 14.6. The quantitative estimate of drug-likeness (QED) is 0.432. The van der Waals surface area contributed by atoms with Gasteiger partial charge in [0.25, 0.3) is 0 Å². The normalized spacial score (nSPS) is 23.4. The van der Waals surface area contributed by atoms with E-state index in [2.05, 4.69) is 84.7 Å². The number of rotatable bonds is 5. The van der Waals surface area contributed by atoms with E-state index >= 15 is 0 Å². The van der Waals surface area contributed by atoms with E-state index in [4.69, 9.17) is 16.4 Å². The molecule has 0 aromatic heterocycles. The van der Waals surface area contributed by atoms with E-state index in [0.717, 1.165) is 17.7 Å². The van der Waals surface area contributed by atoms with Gasteiger partial charge in [-0.15, -0.1) is 0 Å². The molecule has 0 spiro atoms. The van der Waals surface area contributed by atoms with E-state index in [-0.39, 0.29) is 18.0 Å². The van der Waals surface area contributed by atoms with E-state index < -0.39 is 0 Å². The Morgan fingerprint density at radius 3 is 2.17 bits per heavy atom. The highest BCUT2D eigenvalue weighted by Gasteiger charge is 2.38. The van der Waals surface area contributed by atoms with E-state index in [9.17, 15) is 0 Å². The third kappa shape index (κ3) is 4.43. The molecule has 0 unspecified atom stereocenters. The number of nitrogens with zero attached hydrogens (tertiary/aromatic N) is 2. The molecule has 154 valence electrons. The average molecular weight is 419 g/mol. The van der Waals surface area contributed by atoms with E-state index in [0.29, 0.717) is 11.6 Å². The number of hydrogen-bond acceptors (Lipinski definition) is 3. The summed E-state index contributed by atoms with van der Waals surface area (Å²) in [7, 11) is 2.22. The Labute approximate surface area is 183 Å². The monoisotopic (exact) mass is 418 g/mol. The standard InChI is InChI=1S/C26H27ClN2O/c1-19-24(28-30-18-22-15-9-10-16-23(22)27)17-25(20-11-5-3-6-12-20)29(2)26(19)21-13-7-4-8-14-21/h3-16,19,25-26H,17-18H2,1-2H3/b28-24+/t19-,25+,26-/m0/s1. The van der Waals surface area contributed by atoms with Crippen LogP contribution >= 0.6 is 11.6 Å². The topological polar surface area (TPSA) is 24.8 Å². The number of hydrogen-bond donors (Lipinski definition) is 0. The third-order valence-corrected chi connectivity index (χ3v) is 6.39. The second-order valence-corrected chi connectivity index (χ2v) is 8.29. The van der Waals surface area contributed by atoms with Gasteiger partial charge in [-0.25, -0.2) is 0 Å². The number of halogens is 1. The van der Waals surface area contributed by atoms with Crippen molar-refractivity contribution in [1.29, 1.82) is 0 Å². The molecule has 0 radical (unpaired) electrons. The molecule has 0 aliphatic carbocycles. The Kier molecular flexibility index (Phi) is 6.51. The minimum absolute atomic E-state index is 0.229. The SMILES string of the molecule is C[C@H]1/C(=N/OCc2ccccc2Cl)C[C@H](c2ccccc2)N(C)[C@@H]1c1ccccc1. The van der Waals surface area contributed by atoms with Crippen LogP contribution in [0.4, 0.5) is 0 Å². The van der Waals surface area contributed by atoms with Gasteiger partial charge >= 0.3 is 0 Å². The second kappa shape index (κ2) is 9.46. The molecule has 0 saturated carbocycles. The molecule has 3 aromatic rings. The molecule has 0 N–H and O–H groups in total. The fourth-order valence-corrected chi connectivity index (χ4v) is 4.57. The fraction of sp³-hybridized carbons (Fsp3) is 0.269. The summed E-state index contributed by atoms with van der Waals surface area (Å²) in [6, 6.07) is 29.5. The first-order valence-corrected chi connectivity index (χ1v) is 10.8. The van der Waals surface area contributed by atoms with Crippen molar-refractivity contribution in [2.45, 2.75) is 32.0 Å². The largest absolute Gasteiger partial charge is 0.391 e. The van der Waals surface area contributed by atoms with Gasteiger partial charge in [0.2, 0.25) is 0 Å². The molecule has 30 heavy (non-hydrogen) atoms. The van der Waals surface area contributed by atoms with Crippen LogP contribution in [0.2, 0.25) is 5.02 Å². The van der Waals surface area contributed by atoms with Gasteiger partial charge in [0.1, 0.15) is 6.61 Å². The number of oxime groups is 1. The summed E-state index contributed by atoms with van der Waals surface area (Å²) in [6.45, 7) is 2.62. The van der Waals surface area contributed by atoms with Crippen LogP contribution < -0.4 is 0 Å². The van der Waals surface area contributed by atoms with Gasteiger partial charge in [-0.2, -0.15) is 0 Å². The Bertz CT molecular complexity index is 990. The number of piperidine rings is 1. The van der Waals surface area contributed by atoms with Crippen LogP contribution in [0.1, 0.15) is 42.1 Å². The van der Waals surface area contributed by atoms with Crippen LogP contribution in [0, 0.1) is 5.92 Å². The minimum Gasteiger partial charge on any atom is -0.391 e. The second-order valence-electron chi connectivity index (χ2n) is 7.89. The van der Waals surface area contributed by atoms with Gasteiger partial charge in [0.05, 0.1) is 5.71 Å². The smallest absolute Gasteiger partial charge is 0.143 e. The van der Waals surface area contributed by atoms with Crippen molar-refractivity contribution in [2.75, 3.05) is 7.05 Å². The molecular formula is C26H27ClN2O. The predicted octanol–water partition coefficient (Wildman–Crippen LogP) is 6.67. The van der Waals surface area contributed by atoms with Crippen molar-refractivity contribution < 1.29 is 4.84 Å². The molecule has 3 nitrogen and oxygen atoms in total. The maximum Gasteiger partial charge on any atom is 0.143 e. The van der Waals surface area contributed by atoms with Gasteiger partial charge in [0.15, 0.2) is 0 Å². The maximum absolute atomic E-state index is 6.26. The first kappa shape index (κ1) is 20.6. The lowest BCUT2D eigenvalue weighted by Gasteiger charge is -2.44. The van der Waals surface area contributed by atoms with Crippen LogP contribution in [-0.2, 0) is 11.4 Å². The van der Waals surface area contributed by atoms with Gasteiger partial charge in [-0.1, -0.05) is 103 Å². The maximum atomic E-state index is 6.26. The Morgan fingerprint density at radius 2 is 1.50 bits per heavy atom. The van der Waals surface area contributed by atoms with Crippen LogP contribution in [0.25, 0.3) is 0 Å². The predicted molar refractivity (Wildman–Crippen MR) is 124 cm³/mol. The van der Waals surface area contributed by atoms with Crippen molar-refractivity contribution in [3.63, 3.8) is 0 Å². The summed E-state index contributed by atoms with van der Waals surface area (Å²) in [6.07, 6.45) is 0.841. The molecule has 1 heterocycles. The fourth-order valence-electron chi connectivity index (χ4n) is 4.38. The van der Waals surface area contributed by atoms with Crippen molar-refractivity contribution >= 4 is 17.3 Å². The zero-order chi connectivity index (χ0) is 20.9. The van der Waals surface area contributed by atoms with Gasteiger partial charge < -0.3 is 4.84 Å². The van der Waals surface area contributed by atoms with Crippen molar-refractivity contribution in [1.82, 2.24) is 4.90 Å². The van der Waals surface area contributed by atoms with Crippen LogP contribution in [0.5, 0.6) is 0 Å². The highest BCUT2D eigenvalue weighted by Crippen LogP contribution is 2.42. The van der Waals surface area contributed by atoms with E-state index in [1.807, 2.05) is 24.3 Å². The molecule has 4 rings (SSSR count). The lowest BCUT2D eigenvalue weighted by molar-refractivity contribution is 0.105. The molecule has 3 aromatic carbocycles. The molecule has 0 bridgehead atoms. The Morgan fingerprint density at radius 1 is 0.900 bits per heavy atom. The minimum atomic E-state index is 0.229. The van der Waals surface area contributed by atoms with Gasteiger partial charge in [-0.05, 0) is 24.2 Å². The summed E-state index contributed by atoms with van der Waals surface area (Å²) in [5.74, 6) is 0.239. The summed E-state index contributed by atoms with van der Waals surface area (Å²) in [5.41, 5.74) is 4.63. The molecule has 1 aliphatic rings. The summed E-state index contributed by atoms with van der Waals surface area (Å²) < 4.78 is 0. The average Bonchev–Trinajstić information content (AvgIpc) is 2.78. The highest BCUT2D eigenvalue weighted by molar-refractivity contribution is 6.31. The zero-order valence-corrected chi connectivity index (χ0v) is 18.2. The van der Waals surface area contributed by atoms with Gasteiger partial charge in [-0.3, -0.25) is 4.90 Å². The molecular weight excluding hydrogens is 392 g/mol. The molecule has 0 amide bonds. The number of benzene rings is 3. The summed E-state index contributed by atoms with van der Waals surface area (Å²) >= 11 is 6.26. The van der Waals surface area contributed by atoms with E-state index in [1.54, 1.807) is 0 Å². The third-order valence-electron chi connectivity index (χ3n) is 6.02. The Hall–Kier alpha value is -2.62. The van der Waals surface area contributed by atoms with Gasteiger partial charge in [0, 0.05) is 35.0 Å². The molecule has 4 heteroatoms. The lowest BCUT2D eigenvalue weighted by Crippen LogP contribution is -2.42. The summed E-state index contributed by atoms with van der Waals surface area (Å²) in [5, 5.41) is 5.32.